The van der Waals surface area contributed by atoms with Gasteiger partial charge >= 0.3 is 0 Å². The number of nitrogens with one attached hydrogen (secondary N) is 1. The highest BCUT2D eigenvalue weighted by atomic mass is 16.2. The van der Waals surface area contributed by atoms with Crippen molar-refractivity contribution in [2.45, 2.75) is 20.8 Å². The number of hydrogen-bond donors (Lipinski definition) is 1. The summed E-state index contributed by atoms with van der Waals surface area (Å²) in [6.07, 6.45) is 3.15. The number of para-hydroxylation sites is 1. The van der Waals surface area contributed by atoms with Crippen LogP contribution in [-0.2, 0) is 18.9 Å². The van der Waals surface area contributed by atoms with Crippen molar-refractivity contribution in [1.29, 1.82) is 0 Å². The monoisotopic (exact) mass is 365 g/mol. The standard InChI is InChI=1S/C20H23N5O2/c1-13-17(14(2)23(4)22-13)11-12-18(26)21-19-15(3)24(5)25(20(19)27)16-9-7-6-8-10-16/h6-12H,1-5H3,(H,21,26)/b12-11+. The van der Waals surface area contributed by atoms with Crippen molar-refractivity contribution in [2.75, 3.05) is 5.32 Å². The van der Waals surface area contributed by atoms with Gasteiger partial charge in [-0.1, -0.05) is 18.2 Å². The number of aryl methyl sites for hydroxylation is 2. The fourth-order valence-electron chi connectivity index (χ4n) is 3.07. The second-order valence-corrected chi connectivity index (χ2v) is 6.47. The molecule has 0 atom stereocenters. The number of anilines is 1. The van der Waals surface area contributed by atoms with Crippen LogP contribution in [0.5, 0.6) is 0 Å². The van der Waals surface area contributed by atoms with E-state index < -0.39 is 0 Å². The maximum atomic E-state index is 12.8. The molecule has 1 aromatic carbocycles. The van der Waals surface area contributed by atoms with Crippen LogP contribution in [0.4, 0.5) is 5.69 Å². The molecule has 27 heavy (non-hydrogen) atoms. The Kier molecular flexibility index (Phi) is 4.85. The van der Waals surface area contributed by atoms with Crippen molar-refractivity contribution in [3.8, 4) is 5.69 Å². The van der Waals surface area contributed by atoms with Gasteiger partial charge in [-0.15, -0.1) is 0 Å². The number of benzene rings is 1. The van der Waals surface area contributed by atoms with E-state index in [9.17, 15) is 9.59 Å². The van der Waals surface area contributed by atoms with Gasteiger partial charge in [0.1, 0.15) is 5.69 Å². The third-order valence-corrected chi connectivity index (χ3v) is 4.77. The molecule has 3 aromatic rings. The zero-order valence-electron chi connectivity index (χ0n) is 16.1. The number of carbonyl (C=O) groups is 1. The third-order valence-electron chi connectivity index (χ3n) is 4.77. The summed E-state index contributed by atoms with van der Waals surface area (Å²) in [5.74, 6) is -0.358. The van der Waals surface area contributed by atoms with E-state index in [-0.39, 0.29) is 17.2 Å². The molecule has 0 fully saturated rings. The Morgan fingerprint density at radius 3 is 2.33 bits per heavy atom. The van der Waals surface area contributed by atoms with Crippen LogP contribution in [0, 0.1) is 20.8 Å². The fourth-order valence-corrected chi connectivity index (χ4v) is 3.07. The first kappa shape index (κ1) is 18.4. The maximum absolute atomic E-state index is 12.8. The van der Waals surface area contributed by atoms with Crippen LogP contribution >= 0.6 is 0 Å². The summed E-state index contributed by atoms with van der Waals surface area (Å²) < 4.78 is 5.03. The van der Waals surface area contributed by atoms with Crippen molar-refractivity contribution in [3.05, 3.63) is 69.4 Å². The molecular formula is C20H23N5O2. The lowest BCUT2D eigenvalue weighted by molar-refractivity contribution is -0.111. The summed E-state index contributed by atoms with van der Waals surface area (Å²) in [6.45, 7) is 5.64. The first-order valence-electron chi connectivity index (χ1n) is 8.64. The highest BCUT2D eigenvalue weighted by molar-refractivity contribution is 6.02. The summed E-state index contributed by atoms with van der Waals surface area (Å²) in [5, 5.41) is 7.04. The summed E-state index contributed by atoms with van der Waals surface area (Å²) in [7, 11) is 3.65. The van der Waals surface area contributed by atoms with Gasteiger partial charge in [0.15, 0.2) is 0 Å². The molecule has 7 heteroatoms. The van der Waals surface area contributed by atoms with Crippen LogP contribution < -0.4 is 10.9 Å². The van der Waals surface area contributed by atoms with E-state index in [1.165, 1.54) is 10.8 Å². The number of hydrogen-bond acceptors (Lipinski definition) is 3. The smallest absolute Gasteiger partial charge is 0.295 e. The topological polar surface area (TPSA) is 73.8 Å². The minimum Gasteiger partial charge on any atom is -0.316 e. The molecule has 1 N–H and O–H groups in total. The molecule has 0 aliphatic heterocycles. The zero-order valence-corrected chi connectivity index (χ0v) is 16.1. The highest BCUT2D eigenvalue weighted by Crippen LogP contribution is 2.16. The van der Waals surface area contributed by atoms with Gasteiger partial charge < -0.3 is 5.32 Å². The molecule has 3 rings (SSSR count). The van der Waals surface area contributed by atoms with E-state index in [0.717, 1.165) is 22.6 Å². The third kappa shape index (κ3) is 3.36. The Hall–Kier alpha value is -3.35. The normalized spacial score (nSPS) is 11.3. The fraction of sp³-hybridized carbons (Fsp3) is 0.250. The van der Waals surface area contributed by atoms with E-state index in [2.05, 4.69) is 10.4 Å². The second kappa shape index (κ2) is 7.11. The van der Waals surface area contributed by atoms with E-state index in [0.29, 0.717) is 5.69 Å². The van der Waals surface area contributed by atoms with Crippen LogP contribution in [0.15, 0.2) is 41.2 Å². The van der Waals surface area contributed by atoms with Crippen LogP contribution in [0.3, 0.4) is 0 Å². The van der Waals surface area contributed by atoms with Crippen molar-refractivity contribution < 1.29 is 4.79 Å². The predicted octanol–water partition coefficient (Wildman–Crippen LogP) is 2.49. The maximum Gasteiger partial charge on any atom is 0.295 e. The SMILES string of the molecule is Cc1nn(C)c(C)c1/C=C/C(=O)Nc1c(C)n(C)n(-c2ccccc2)c1=O. The van der Waals surface area contributed by atoms with Gasteiger partial charge in [0.2, 0.25) is 5.91 Å². The van der Waals surface area contributed by atoms with Crippen LogP contribution in [0.2, 0.25) is 0 Å². The van der Waals surface area contributed by atoms with E-state index in [1.807, 2.05) is 51.2 Å². The Labute approximate surface area is 157 Å². The molecular weight excluding hydrogens is 342 g/mol. The number of carbonyl (C=O) groups excluding carboxylic acids is 1. The highest BCUT2D eigenvalue weighted by Gasteiger charge is 2.17. The molecule has 0 saturated heterocycles. The molecule has 7 nitrogen and oxygen atoms in total. The first-order valence-corrected chi connectivity index (χ1v) is 8.64. The van der Waals surface area contributed by atoms with Gasteiger partial charge in [0, 0.05) is 31.4 Å². The van der Waals surface area contributed by atoms with Crippen LogP contribution in [0.1, 0.15) is 22.6 Å². The molecule has 2 aromatic heterocycles. The molecule has 0 bridgehead atoms. The van der Waals surface area contributed by atoms with Crippen molar-refractivity contribution in [1.82, 2.24) is 19.1 Å². The largest absolute Gasteiger partial charge is 0.316 e. The lowest BCUT2D eigenvalue weighted by Gasteiger charge is -2.07. The Morgan fingerprint density at radius 2 is 1.74 bits per heavy atom. The van der Waals surface area contributed by atoms with Crippen molar-refractivity contribution >= 4 is 17.7 Å². The molecule has 0 radical (unpaired) electrons. The number of nitrogens with zero attached hydrogens (tertiary/aromatic N) is 4. The quantitative estimate of drug-likeness (QED) is 0.722. The van der Waals surface area contributed by atoms with Crippen molar-refractivity contribution in [2.24, 2.45) is 14.1 Å². The summed E-state index contributed by atoms with van der Waals surface area (Å²) in [5.41, 5.74) is 4.15. The second-order valence-electron chi connectivity index (χ2n) is 6.47. The molecule has 0 aliphatic rings. The Bertz CT molecular complexity index is 1080. The Balaban J connectivity index is 1.89. The molecule has 0 saturated carbocycles. The first-order chi connectivity index (χ1) is 12.8. The minimum atomic E-state index is -0.358. The molecule has 1 amide bonds. The number of aromatic nitrogens is 4. The van der Waals surface area contributed by atoms with Gasteiger partial charge in [-0.2, -0.15) is 5.10 Å². The van der Waals surface area contributed by atoms with Gasteiger partial charge in [-0.3, -0.25) is 19.0 Å². The number of rotatable bonds is 4. The molecule has 0 unspecified atom stereocenters. The van der Waals surface area contributed by atoms with Crippen LogP contribution in [0.25, 0.3) is 11.8 Å². The zero-order chi connectivity index (χ0) is 19.7. The molecule has 0 aliphatic carbocycles. The lowest BCUT2D eigenvalue weighted by atomic mass is 10.2. The predicted molar refractivity (Wildman–Crippen MR) is 106 cm³/mol. The molecule has 0 spiro atoms. The number of amides is 1. The van der Waals surface area contributed by atoms with Crippen molar-refractivity contribution in [3.63, 3.8) is 0 Å². The van der Waals surface area contributed by atoms with E-state index in [1.54, 1.807) is 29.4 Å². The van der Waals surface area contributed by atoms with E-state index >= 15 is 0 Å². The summed E-state index contributed by atoms with van der Waals surface area (Å²) in [4.78, 5) is 25.2. The minimum absolute atomic E-state index is 0.267. The molecule has 2 heterocycles. The average Bonchev–Trinajstić information content (AvgIpc) is 3.01. The van der Waals surface area contributed by atoms with Crippen LogP contribution in [-0.4, -0.2) is 25.1 Å². The Morgan fingerprint density at radius 1 is 1.07 bits per heavy atom. The van der Waals surface area contributed by atoms with Gasteiger partial charge in [-0.25, -0.2) is 4.68 Å². The lowest BCUT2D eigenvalue weighted by Crippen LogP contribution is -2.22. The van der Waals surface area contributed by atoms with Gasteiger partial charge in [-0.05, 0) is 39.0 Å². The van der Waals surface area contributed by atoms with Gasteiger partial charge in [0.25, 0.3) is 5.56 Å². The average molecular weight is 365 g/mol. The summed E-state index contributed by atoms with van der Waals surface area (Å²) in [6, 6.07) is 9.31. The summed E-state index contributed by atoms with van der Waals surface area (Å²) >= 11 is 0. The molecule has 140 valence electrons. The van der Waals surface area contributed by atoms with E-state index in [4.69, 9.17) is 0 Å². The van der Waals surface area contributed by atoms with Gasteiger partial charge in [0.05, 0.1) is 17.1 Å².